The van der Waals surface area contributed by atoms with E-state index in [0.29, 0.717) is 6.42 Å². The van der Waals surface area contributed by atoms with E-state index in [2.05, 4.69) is 5.32 Å². The smallest absolute Gasteiger partial charge is 0.270 e. The van der Waals surface area contributed by atoms with Gasteiger partial charge in [0, 0.05) is 37.7 Å². The lowest BCUT2D eigenvalue weighted by molar-refractivity contribution is -0.384. The Morgan fingerprint density at radius 3 is 2.56 bits per heavy atom. The molecule has 0 fully saturated rings. The van der Waals surface area contributed by atoms with Gasteiger partial charge in [-0.2, -0.15) is 0 Å². The van der Waals surface area contributed by atoms with Gasteiger partial charge in [0.15, 0.2) is 0 Å². The van der Waals surface area contributed by atoms with Crippen molar-refractivity contribution in [2.24, 2.45) is 0 Å². The highest BCUT2D eigenvalue weighted by atomic mass is 16.6. The Labute approximate surface area is 144 Å². The van der Waals surface area contributed by atoms with Gasteiger partial charge in [0.2, 0.25) is 5.91 Å². The van der Waals surface area contributed by atoms with Crippen LogP contribution in [0.4, 0.5) is 5.69 Å². The fourth-order valence-corrected chi connectivity index (χ4v) is 3.06. The average molecular weight is 339 g/mol. The van der Waals surface area contributed by atoms with Crippen molar-refractivity contribution in [1.29, 1.82) is 0 Å². The van der Waals surface area contributed by atoms with Crippen LogP contribution >= 0.6 is 0 Å². The maximum Gasteiger partial charge on any atom is 0.270 e. The molecule has 25 heavy (non-hydrogen) atoms. The minimum Gasteiger partial charge on any atom is -0.357 e. The summed E-state index contributed by atoms with van der Waals surface area (Å²) in [4.78, 5) is 37.1. The molecule has 7 nitrogen and oxygen atoms in total. The number of fused-ring (bicyclic) bond motifs is 1. The quantitative estimate of drug-likeness (QED) is 0.683. The first kappa shape index (κ1) is 16.6. The molecule has 1 aliphatic heterocycles. The van der Waals surface area contributed by atoms with E-state index in [0.717, 1.165) is 11.1 Å². The van der Waals surface area contributed by atoms with Gasteiger partial charge in [0.05, 0.1) is 4.92 Å². The molecule has 0 aromatic heterocycles. The monoisotopic (exact) mass is 339 g/mol. The van der Waals surface area contributed by atoms with E-state index in [1.54, 1.807) is 0 Å². The first-order chi connectivity index (χ1) is 12.0. The van der Waals surface area contributed by atoms with E-state index in [9.17, 15) is 19.7 Å². The molecule has 2 aromatic carbocycles. The number of hydrogen-bond acceptors (Lipinski definition) is 4. The third kappa shape index (κ3) is 3.21. The Morgan fingerprint density at radius 1 is 1.16 bits per heavy atom. The number of nitro groups is 1. The molecular weight excluding hydrogens is 322 g/mol. The number of hydrogen-bond donors (Lipinski definition) is 1. The van der Waals surface area contributed by atoms with Crippen LogP contribution in [0.5, 0.6) is 0 Å². The Morgan fingerprint density at radius 2 is 1.88 bits per heavy atom. The molecule has 0 spiro atoms. The largest absolute Gasteiger partial charge is 0.357 e. The van der Waals surface area contributed by atoms with Gasteiger partial charge in [-0.1, -0.05) is 30.3 Å². The summed E-state index contributed by atoms with van der Waals surface area (Å²) < 4.78 is 0. The lowest BCUT2D eigenvalue weighted by atomic mass is 9.92. The summed E-state index contributed by atoms with van der Waals surface area (Å²) >= 11 is 0. The molecule has 0 saturated heterocycles. The van der Waals surface area contributed by atoms with Crippen molar-refractivity contribution >= 4 is 17.5 Å². The third-order valence-electron chi connectivity index (χ3n) is 4.36. The number of amides is 2. The topological polar surface area (TPSA) is 92.6 Å². The van der Waals surface area contributed by atoms with E-state index < -0.39 is 16.9 Å². The standard InChI is InChI=1S/C18H17N3O4/c1-19-17(22)16-10-12-5-2-3-6-14(12)11-20(16)18(23)13-7-4-8-15(9-13)21(24)25/h2-9,16H,10-11H2,1H3,(H,19,22)/t16-/m1/s1. The van der Waals surface area contributed by atoms with Crippen LogP contribution in [0.25, 0.3) is 0 Å². The molecule has 0 radical (unpaired) electrons. The van der Waals surface area contributed by atoms with Crippen LogP contribution in [-0.2, 0) is 17.8 Å². The summed E-state index contributed by atoms with van der Waals surface area (Å²) in [6.45, 7) is 0.287. The van der Waals surface area contributed by atoms with Gasteiger partial charge < -0.3 is 10.2 Å². The molecule has 2 aromatic rings. The zero-order valence-corrected chi connectivity index (χ0v) is 13.6. The third-order valence-corrected chi connectivity index (χ3v) is 4.36. The van der Waals surface area contributed by atoms with Crippen molar-refractivity contribution < 1.29 is 14.5 Å². The molecule has 1 aliphatic rings. The van der Waals surface area contributed by atoms with Crippen LogP contribution in [0.2, 0.25) is 0 Å². The van der Waals surface area contributed by atoms with Gasteiger partial charge >= 0.3 is 0 Å². The number of nitrogens with zero attached hydrogens (tertiary/aromatic N) is 2. The predicted octanol–water partition coefficient (Wildman–Crippen LogP) is 1.91. The van der Waals surface area contributed by atoms with E-state index >= 15 is 0 Å². The molecule has 0 aliphatic carbocycles. The van der Waals surface area contributed by atoms with Crippen molar-refractivity contribution in [3.8, 4) is 0 Å². The second kappa shape index (κ2) is 6.72. The zero-order chi connectivity index (χ0) is 18.0. The van der Waals surface area contributed by atoms with Crippen LogP contribution < -0.4 is 5.32 Å². The highest BCUT2D eigenvalue weighted by Gasteiger charge is 2.34. The first-order valence-corrected chi connectivity index (χ1v) is 7.85. The fourth-order valence-electron chi connectivity index (χ4n) is 3.06. The summed E-state index contributed by atoms with van der Waals surface area (Å²) in [6.07, 6.45) is 0.413. The summed E-state index contributed by atoms with van der Waals surface area (Å²) in [5, 5.41) is 13.5. The van der Waals surface area contributed by atoms with Gasteiger partial charge in [0.25, 0.3) is 11.6 Å². The van der Waals surface area contributed by atoms with Crippen molar-refractivity contribution in [3.05, 3.63) is 75.3 Å². The van der Waals surface area contributed by atoms with Gasteiger partial charge in [-0.15, -0.1) is 0 Å². The molecule has 128 valence electrons. The summed E-state index contributed by atoms with van der Waals surface area (Å²) in [6, 6.07) is 12.6. The Balaban J connectivity index is 1.98. The Bertz CT molecular complexity index is 850. The van der Waals surface area contributed by atoms with Gasteiger partial charge in [-0.3, -0.25) is 19.7 Å². The van der Waals surface area contributed by atoms with Crippen LogP contribution in [0, 0.1) is 10.1 Å². The van der Waals surface area contributed by atoms with Crippen molar-refractivity contribution in [2.45, 2.75) is 19.0 Å². The Kier molecular flexibility index (Phi) is 4.47. The molecular formula is C18H17N3O4. The van der Waals surface area contributed by atoms with Crippen LogP contribution in [-0.4, -0.2) is 34.7 Å². The number of carbonyl (C=O) groups excluding carboxylic acids is 2. The second-order valence-corrected chi connectivity index (χ2v) is 5.84. The van der Waals surface area contributed by atoms with Crippen LogP contribution in [0.15, 0.2) is 48.5 Å². The van der Waals surface area contributed by atoms with Gasteiger partial charge in [-0.25, -0.2) is 0 Å². The lowest BCUT2D eigenvalue weighted by Crippen LogP contribution is -2.51. The number of carbonyl (C=O) groups is 2. The molecule has 7 heteroatoms. The maximum atomic E-state index is 12.9. The summed E-state index contributed by atoms with van der Waals surface area (Å²) in [7, 11) is 1.53. The number of nitrogens with one attached hydrogen (secondary N) is 1. The van der Waals surface area contributed by atoms with Crippen LogP contribution in [0.3, 0.4) is 0 Å². The highest BCUT2D eigenvalue weighted by Crippen LogP contribution is 2.26. The number of likely N-dealkylation sites (N-methyl/N-ethyl adjacent to an activating group) is 1. The van der Waals surface area contributed by atoms with E-state index in [1.165, 1.54) is 36.2 Å². The second-order valence-electron chi connectivity index (χ2n) is 5.84. The number of non-ortho nitro benzene ring substituents is 1. The Hall–Kier alpha value is -3.22. The molecule has 3 rings (SSSR count). The molecule has 1 N–H and O–H groups in total. The predicted molar refractivity (Wildman–Crippen MR) is 91.0 cm³/mol. The summed E-state index contributed by atoms with van der Waals surface area (Å²) in [5.74, 6) is -0.653. The fraction of sp³-hybridized carbons (Fsp3) is 0.222. The number of nitro benzene ring substituents is 1. The summed E-state index contributed by atoms with van der Waals surface area (Å²) in [5.41, 5.74) is 2.04. The maximum absolute atomic E-state index is 12.9. The van der Waals surface area contributed by atoms with E-state index in [1.807, 2.05) is 24.3 Å². The lowest BCUT2D eigenvalue weighted by Gasteiger charge is -2.35. The number of rotatable bonds is 3. The normalized spacial score (nSPS) is 16.0. The van der Waals surface area contributed by atoms with E-state index in [4.69, 9.17) is 0 Å². The van der Waals surface area contributed by atoms with E-state index in [-0.39, 0.29) is 23.7 Å². The SMILES string of the molecule is CNC(=O)[C@H]1Cc2ccccc2CN1C(=O)c1cccc([N+](=O)[O-])c1. The zero-order valence-electron chi connectivity index (χ0n) is 13.6. The molecule has 0 saturated carbocycles. The van der Waals surface area contributed by atoms with Crippen LogP contribution in [0.1, 0.15) is 21.5 Å². The average Bonchev–Trinajstić information content (AvgIpc) is 2.65. The van der Waals surface area contributed by atoms with Crippen molar-refractivity contribution in [2.75, 3.05) is 7.05 Å². The first-order valence-electron chi connectivity index (χ1n) is 7.85. The minimum atomic E-state index is -0.647. The molecule has 1 heterocycles. The van der Waals surface area contributed by atoms with Gasteiger partial charge in [-0.05, 0) is 17.2 Å². The highest BCUT2D eigenvalue weighted by molar-refractivity contribution is 5.98. The van der Waals surface area contributed by atoms with Crippen molar-refractivity contribution in [1.82, 2.24) is 10.2 Å². The minimum absolute atomic E-state index is 0.153. The molecule has 1 atom stereocenters. The molecule has 0 bridgehead atoms. The number of benzene rings is 2. The van der Waals surface area contributed by atoms with Gasteiger partial charge in [0.1, 0.15) is 6.04 Å². The van der Waals surface area contributed by atoms with Crippen molar-refractivity contribution in [3.63, 3.8) is 0 Å². The molecule has 0 unspecified atom stereocenters. The molecule has 2 amide bonds.